The molecule has 0 atom stereocenters. The smallest absolute Gasteiger partial charge is 0.00975 e. The summed E-state index contributed by atoms with van der Waals surface area (Å²) < 4.78 is 0. The third-order valence-electron chi connectivity index (χ3n) is 3.62. The number of nitrogens with two attached hydrogens (primary N) is 1. The lowest BCUT2D eigenvalue weighted by Gasteiger charge is -2.21. The summed E-state index contributed by atoms with van der Waals surface area (Å²) in [7, 11) is 2.20. The number of hydrogen-bond donors (Lipinski definition) is 1. The predicted molar refractivity (Wildman–Crippen MR) is 84.6 cm³/mol. The second kappa shape index (κ2) is 7.06. The van der Waals surface area contributed by atoms with E-state index in [0.29, 0.717) is 0 Å². The lowest BCUT2D eigenvalue weighted by atomic mass is 10.00. The van der Waals surface area contributed by atoms with Crippen LogP contribution < -0.4 is 5.73 Å². The van der Waals surface area contributed by atoms with Gasteiger partial charge in [-0.1, -0.05) is 23.8 Å². The molecule has 0 spiro atoms. The van der Waals surface area contributed by atoms with Crippen LogP contribution in [0.15, 0.2) is 18.2 Å². The Morgan fingerprint density at radius 2 is 1.84 bits per heavy atom. The fraction of sp³-hybridized carbons (Fsp3) is 0.647. The summed E-state index contributed by atoms with van der Waals surface area (Å²) in [4.78, 5) is 2.41. The standard InChI is InChI=1S/C17H30N2/c1-14-7-8-16(15(2)13-14)9-12-19(5)11-6-10-17(3,4)18/h7-8,13H,6,9-12,18H2,1-5H3. The molecule has 0 saturated heterocycles. The Morgan fingerprint density at radius 1 is 1.16 bits per heavy atom. The van der Waals surface area contributed by atoms with Crippen LogP contribution in [0.25, 0.3) is 0 Å². The van der Waals surface area contributed by atoms with Gasteiger partial charge in [0.1, 0.15) is 0 Å². The molecule has 0 aliphatic heterocycles. The highest BCUT2D eigenvalue weighted by Crippen LogP contribution is 2.12. The molecule has 2 heteroatoms. The van der Waals surface area contributed by atoms with Crippen molar-refractivity contribution in [3.8, 4) is 0 Å². The first-order valence-corrected chi connectivity index (χ1v) is 7.31. The Kier molecular flexibility index (Phi) is 6.02. The van der Waals surface area contributed by atoms with Gasteiger partial charge in [-0.2, -0.15) is 0 Å². The maximum absolute atomic E-state index is 6.00. The van der Waals surface area contributed by atoms with Crippen molar-refractivity contribution < 1.29 is 0 Å². The third-order valence-corrected chi connectivity index (χ3v) is 3.62. The molecule has 0 aliphatic rings. The van der Waals surface area contributed by atoms with Crippen LogP contribution in [0.3, 0.4) is 0 Å². The molecule has 0 bridgehead atoms. The van der Waals surface area contributed by atoms with Crippen molar-refractivity contribution in [2.75, 3.05) is 20.1 Å². The highest BCUT2D eigenvalue weighted by Gasteiger charge is 2.10. The van der Waals surface area contributed by atoms with Gasteiger partial charge in [0.2, 0.25) is 0 Å². The van der Waals surface area contributed by atoms with Gasteiger partial charge in [0, 0.05) is 12.1 Å². The van der Waals surface area contributed by atoms with Crippen molar-refractivity contribution >= 4 is 0 Å². The molecule has 0 aliphatic carbocycles. The fourth-order valence-corrected chi connectivity index (χ4v) is 2.35. The number of nitrogens with zero attached hydrogens (tertiary/aromatic N) is 1. The molecule has 0 aromatic heterocycles. The molecule has 0 amide bonds. The first-order valence-electron chi connectivity index (χ1n) is 7.31. The molecular formula is C17H30N2. The first-order chi connectivity index (χ1) is 8.78. The third kappa shape index (κ3) is 6.74. The Balaban J connectivity index is 2.32. The number of rotatable bonds is 7. The molecule has 0 radical (unpaired) electrons. The van der Waals surface area contributed by atoms with E-state index in [9.17, 15) is 0 Å². The van der Waals surface area contributed by atoms with Crippen LogP contribution in [-0.4, -0.2) is 30.6 Å². The van der Waals surface area contributed by atoms with Crippen LogP contribution in [0, 0.1) is 13.8 Å². The van der Waals surface area contributed by atoms with E-state index in [1.807, 2.05) is 0 Å². The first kappa shape index (κ1) is 16.2. The van der Waals surface area contributed by atoms with Crippen LogP contribution in [0.5, 0.6) is 0 Å². The molecule has 0 unspecified atom stereocenters. The van der Waals surface area contributed by atoms with Crippen LogP contribution in [0.2, 0.25) is 0 Å². The molecule has 1 rings (SSSR count). The Bertz CT molecular complexity index is 391. The van der Waals surface area contributed by atoms with Crippen molar-refractivity contribution in [2.24, 2.45) is 5.73 Å². The molecular weight excluding hydrogens is 232 g/mol. The molecule has 0 fully saturated rings. The number of hydrogen-bond acceptors (Lipinski definition) is 2. The quantitative estimate of drug-likeness (QED) is 0.817. The van der Waals surface area contributed by atoms with Gasteiger partial charge >= 0.3 is 0 Å². The lowest BCUT2D eigenvalue weighted by Crippen LogP contribution is -2.33. The molecule has 1 aromatic carbocycles. The number of likely N-dealkylation sites (N-methyl/N-ethyl adjacent to an activating group) is 1. The van der Waals surface area contributed by atoms with Crippen LogP contribution in [-0.2, 0) is 6.42 Å². The minimum Gasteiger partial charge on any atom is -0.326 e. The average Bonchev–Trinajstić information content (AvgIpc) is 2.26. The van der Waals surface area contributed by atoms with E-state index in [1.165, 1.54) is 23.1 Å². The molecule has 0 heterocycles. The van der Waals surface area contributed by atoms with Crippen LogP contribution >= 0.6 is 0 Å². The summed E-state index contributed by atoms with van der Waals surface area (Å²) in [5, 5.41) is 0. The largest absolute Gasteiger partial charge is 0.326 e. The van der Waals surface area contributed by atoms with E-state index in [0.717, 1.165) is 25.9 Å². The topological polar surface area (TPSA) is 29.3 Å². The molecule has 19 heavy (non-hydrogen) atoms. The maximum atomic E-state index is 6.00. The van der Waals surface area contributed by atoms with E-state index in [-0.39, 0.29) is 5.54 Å². The monoisotopic (exact) mass is 262 g/mol. The van der Waals surface area contributed by atoms with E-state index < -0.39 is 0 Å². The Labute approximate surface area is 119 Å². The highest BCUT2D eigenvalue weighted by molar-refractivity contribution is 5.30. The zero-order valence-corrected chi connectivity index (χ0v) is 13.3. The second-order valence-corrected chi connectivity index (χ2v) is 6.58. The molecule has 108 valence electrons. The summed E-state index contributed by atoms with van der Waals surface area (Å²) >= 11 is 0. The summed E-state index contributed by atoms with van der Waals surface area (Å²) in [5.41, 5.74) is 10.2. The lowest BCUT2D eigenvalue weighted by molar-refractivity contribution is 0.312. The zero-order chi connectivity index (χ0) is 14.5. The Hall–Kier alpha value is -0.860. The van der Waals surface area contributed by atoms with Gasteiger partial charge < -0.3 is 10.6 Å². The highest BCUT2D eigenvalue weighted by atomic mass is 15.1. The fourth-order valence-electron chi connectivity index (χ4n) is 2.35. The second-order valence-electron chi connectivity index (χ2n) is 6.58. The van der Waals surface area contributed by atoms with Gasteiger partial charge in [0.05, 0.1) is 0 Å². The summed E-state index contributed by atoms with van der Waals surface area (Å²) in [6.45, 7) is 10.8. The summed E-state index contributed by atoms with van der Waals surface area (Å²) in [5.74, 6) is 0. The number of aryl methyl sites for hydroxylation is 2. The SMILES string of the molecule is Cc1ccc(CCN(C)CCCC(C)(C)N)c(C)c1. The van der Waals surface area contributed by atoms with Crippen molar-refractivity contribution in [1.29, 1.82) is 0 Å². The predicted octanol–water partition coefficient (Wildman–Crippen LogP) is 3.30. The van der Waals surface area contributed by atoms with E-state index >= 15 is 0 Å². The van der Waals surface area contributed by atoms with Gasteiger partial charge in [-0.25, -0.2) is 0 Å². The number of benzene rings is 1. The minimum atomic E-state index is -0.0333. The minimum absolute atomic E-state index is 0.0333. The van der Waals surface area contributed by atoms with Crippen LogP contribution in [0.1, 0.15) is 43.4 Å². The average molecular weight is 262 g/mol. The summed E-state index contributed by atoms with van der Waals surface area (Å²) in [6.07, 6.45) is 3.39. The molecule has 2 N–H and O–H groups in total. The Morgan fingerprint density at radius 3 is 2.42 bits per heavy atom. The maximum Gasteiger partial charge on any atom is 0.00975 e. The van der Waals surface area contributed by atoms with Gasteiger partial charge in [-0.15, -0.1) is 0 Å². The van der Waals surface area contributed by atoms with Crippen molar-refractivity contribution in [1.82, 2.24) is 4.90 Å². The van der Waals surface area contributed by atoms with Crippen molar-refractivity contribution in [3.05, 3.63) is 34.9 Å². The molecule has 1 aromatic rings. The van der Waals surface area contributed by atoms with Crippen LogP contribution in [0.4, 0.5) is 0 Å². The van der Waals surface area contributed by atoms with Gasteiger partial charge in [0.15, 0.2) is 0 Å². The normalized spacial score (nSPS) is 12.2. The van der Waals surface area contributed by atoms with Gasteiger partial charge in [-0.05, 0) is 71.7 Å². The van der Waals surface area contributed by atoms with Gasteiger partial charge in [-0.3, -0.25) is 0 Å². The summed E-state index contributed by atoms with van der Waals surface area (Å²) in [6, 6.07) is 6.74. The molecule has 2 nitrogen and oxygen atoms in total. The van der Waals surface area contributed by atoms with E-state index in [2.05, 4.69) is 57.8 Å². The van der Waals surface area contributed by atoms with E-state index in [1.54, 1.807) is 0 Å². The van der Waals surface area contributed by atoms with Crippen molar-refractivity contribution in [3.63, 3.8) is 0 Å². The van der Waals surface area contributed by atoms with E-state index in [4.69, 9.17) is 5.73 Å². The zero-order valence-electron chi connectivity index (χ0n) is 13.3. The van der Waals surface area contributed by atoms with Gasteiger partial charge in [0.25, 0.3) is 0 Å². The molecule has 0 saturated carbocycles. The van der Waals surface area contributed by atoms with Crippen molar-refractivity contribution in [2.45, 2.75) is 52.5 Å².